The Hall–Kier alpha value is -1.19. The summed E-state index contributed by atoms with van der Waals surface area (Å²) in [5.74, 6) is 0.123. The number of carbonyl (C=O) groups is 1. The Balaban J connectivity index is 2.13. The van der Waals surface area contributed by atoms with Gasteiger partial charge in [-0.3, -0.25) is 15.4 Å². The van der Waals surface area contributed by atoms with Gasteiger partial charge in [0.2, 0.25) is 0 Å². The van der Waals surface area contributed by atoms with Gasteiger partial charge in [-0.25, -0.2) is 0 Å². The molecule has 0 aromatic heterocycles. The Morgan fingerprint density at radius 1 is 1.15 bits per heavy atom. The molecular weight excluding hydrogens is 164 g/mol. The van der Waals surface area contributed by atoms with Crippen molar-refractivity contribution in [3.05, 3.63) is 35.9 Å². The van der Waals surface area contributed by atoms with E-state index in [1.807, 2.05) is 30.3 Å². The molecule has 13 heavy (non-hydrogen) atoms. The molecule has 68 valence electrons. The van der Waals surface area contributed by atoms with Crippen molar-refractivity contribution in [1.82, 2.24) is 10.6 Å². The minimum absolute atomic E-state index is 0.123. The van der Waals surface area contributed by atoms with Gasteiger partial charge in [0.1, 0.15) is 6.17 Å². The number of hydrogen-bond donors (Lipinski definition) is 2. The maximum absolute atomic E-state index is 11.7. The number of ketones is 1. The number of rotatable bonds is 2. The summed E-state index contributed by atoms with van der Waals surface area (Å²) >= 11 is 0. The molecule has 1 saturated heterocycles. The quantitative estimate of drug-likeness (QED) is 0.640. The molecule has 3 nitrogen and oxygen atoms in total. The second-order valence-corrected chi connectivity index (χ2v) is 3.07. The Labute approximate surface area is 77.1 Å². The van der Waals surface area contributed by atoms with Crippen LogP contribution < -0.4 is 10.6 Å². The first kappa shape index (κ1) is 8.41. The van der Waals surface area contributed by atoms with E-state index in [2.05, 4.69) is 10.6 Å². The summed E-state index contributed by atoms with van der Waals surface area (Å²) in [7, 11) is 0. The van der Waals surface area contributed by atoms with Crippen LogP contribution in [-0.4, -0.2) is 25.0 Å². The van der Waals surface area contributed by atoms with Crippen LogP contribution >= 0.6 is 0 Å². The van der Waals surface area contributed by atoms with Crippen LogP contribution in [0.25, 0.3) is 0 Å². The zero-order valence-corrected chi connectivity index (χ0v) is 7.29. The van der Waals surface area contributed by atoms with E-state index in [1.54, 1.807) is 0 Å². The highest BCUT2D eigenvalue weighted by Gasteiger charge is 2.21. The molecule has 1 aromatic rings. The molecule has 0 bridgehead atoms. The summed E-state index contributed by atoms with van der Waals surface area (Å²) in [6.07, 6.45) is -0.192. The predicted octanol–water partition coefficient (Wildman–Crippen LogP) is 0.388. The molecule has 1 heterocycles. The van der Waals surface area contributed by atoms with E-state index in [-0.39, 0.29) is 11.9 Å². The average molecular weight is 176 g/mol. The van der Waals surface area contributed by atoms with Crippen LogP contribution in [0.1, 0.15) is 10.4 Å². The van der Waals surface area contributed by atoms with Crippen LogP contribution in [0.5, 0.6) is 0 Å². The van der Waals surface area contributed by atoms with Gasteiger partial charge in [0.25, 0.3) is 0 Å². The summed E-state index contributed by atoms with van der Waals surface area (Å²) in [4.78, 5) is 11.7. The molecular formula is C10H12N2O. The molecule has 2 N–H and O–H groups in total. The van der Waals surface area contributed by atoms with E-state index < -0.39 is 0 Å². The molecule has 2 rings (SSSR count). The van der Waals surface area contributed by atoms with Crippen LogP contribution in [-0.2, 0) is 0 Å². The van der Waals surface area contributed by atoms with Crippen LogP contribution in [0.3, 0.4) is 0 Å². The average Bonchev–Trinajstić information content (AvgIpc) is 2.71. The molecule has 3 heteroatoms. The third kappa shape index (κ3) is 1.76. The topological polar surface area (TPSA) is 41.1 Å². The zero-order chi connectivity index (χ0) is 9.10. The van der Waals surface area contributed by atoms with Crippen LogP contribution in [0.2, 0.25) is 0 Å². The first-order valence-electron chi connectivity index (χ1n) is 4.44. The highest BCUT2D eigenvalue weighted by atomic mass is 16.1. The number of nitrogens with one attached hydrogen (secondary N) is 2. The summed E-state index contributed by atoms with van der Waals surface area (Å²) in [5.41, 5.74) is 0.759. The van der Waals surface area contributed by atoms with Crippen LogP contribution in [0.4, 0.5) is 0 Å². The van der Waals surface area contributed by atoms with Crippen molar-refractivity contribution < 1.29 is 4.79 Å². The van der Waals surface area contributed by atoms with Crippen molar-refractivity contribution in [2.24, 2.45) is 0 Å². The fourth-order valence-electron chi connectivity index (χ4n) is 1.46. The number of benzene rings is 1. The SMILES string of the molecule is O=C(c1ccccc1)C1NCCN1. The van der Waals surface area contributed by atoms with E-state index in [1.165, 1.54) is 0 Å². The molecule has 0 spiro atoms. The maximum atomic E-state index is 11.7. The molecule has 1 aliphatic heterocycles. The first-order valence-corrected chi connectivity index (χ1v) is 4.44. The van der Waals surface area contributed by atoms with Crippen molar-refractivity contribution >= 4 is 5.78 Å². The summed E-state index contributed by atoms with van der Waals surface area (Å²) < 4.78 is 0. The van der Waals surface area contributed by atoms with Crippen molar-refractivity contribution in [2.45, 2.75) is 6.17 Å². The van der Waals surface area contributed by atoms with Gasteiger partial charge in [0, 0.05) is 18.7 Å². The van der Waals surface area contributed by atoms with E-state index in [0.717, 1.165) is 18.7 Å². The molecule has 0 atom stereocenters. The van der Waals surface area contributed by atoms with Gasteiger partial charge >= 0.3 is 0 Å². The van der Waals surface area contributed by atoms with E-state index in [4.69, 9.17) is 0 Å². The summed E-state index contributed by atoms with van der Waals surface area (Å²) in [5, 5.41) is 6.19. The van der Waals surface area contributed by atoms with E-state index in [0.29, 0.717) is 0 Å². The number of carbonyl (C=O) groups excluding carboxylic acids is 1. The van der Waals surface area contributed by atoms with Crippen molar-refractivity contribution in [3.8, 4) is 0 Å². The predicted molar refractivity (Wildman–Crippen MR) is 50.6 cm³/mol. The second kappa shape index (κ2) is 3.68. The van der Waals surface area contributed by atoms with Crippen molar-refractivity contribution in [3.63, 3.8) is 0 Å². The molecule has 0 amide bonds. The highest BCUT2D eigenvalue weighted by molar-refractivity contribution is 5.99. The third-order valence-electron chi connectivity index (χ3n) is 2.14. The second-order valence-electron chi connectivity index (χ2n) is 3.07. The molecule has 0 saturated carbocycles. The first-order chi connectivity index (χ1) is 6.38. The van der Waals surface area contributed by atoms with Crippen LogP contribution in [0, 0.1) is 0 Å². The number of Topliss-reactive ketones (excluding diaryl/α,β-unsaturated/α-hetero) is 1. The lowest BCUT2D eigenvalue weighted by molar-refractivity contribution is 0.0942. The molecule has 1 aliphatic rings. The summed E-state index contributed by atoms with van der Waals surface area (Å²) in [6, 6.07) is 9.34. The van der Waals surface area contributed by atoms with E-state index >= 15 is 0 Å². The Kier molecular flexibility index (Phi) is 2.38. The van der Waals surface area contributed by atoms with Gasteiger partial charge in [0.05, 0.1) is 0 Å². The minimum Gasteiger partial charge on any atom is -0.294 e. The monoisotopic (exact) mass is 176 g/mol. The highest BCUT2D eigenvalue weighted by Crippen LogP contribution is 2.03. The molecule has 0 aliphatic carbocycles. The van der Waals surface area contributed by atoms with Crippen molar-refractivity contribution in [1.29, 1.82) is 0 Å². The molecule has 0 unspecified atom stereocenters. The van der Waals surface area contributed by atoms with Gasteiger partial charge in [-0.2, -0.15) is 0 Å². The standard InChI is InChI=1S/C10H12N2O/c13-9(10-11-6-7-12-10)8-4-2-1-3-5-8/h1-5,10-12H,6-7H2. The van der Waals surface area contributed by atoms with Gasteiger partial charge in [0.15, 0.2) is 5.78 Å². The van der Waals surface area contributed by atoms with Gasteiger partial charge in [-0.05, 0) is 0 Å². The summed E-state index contributed by atoms with van der Waals surface area (Å²) in [6.45, 7) is 1.73. The largest absolute Gasteiger partial charge is 0.294 e. The number of hydrogen-bond acceptors (Lipinski definition) is 3. The lowest BCUT2D eigenvalue weighted by atomic mass is 10.1. The Morgan fingerprint density at radius 2 is 1.77 bits per heavy atom. The third-order valence-corrected chi connectivity index (χ3v) is 2.14. The maximum Gasteiger partial charge on any atom is 0.194 e. The Bertz CT molecular complexity index is 291. The van der Waals surface area contributed by atoms with Gasteiger partial charge in [-0.15, -0.1) is 0 Å². The lowest BCUT2D eigenvalue weighted by Gasteiger charge is -2.08. The zero-order valence-electron chi connectivity index (χ0n) is 7.29. The van der Waals surface area contributed by atoms with E-state index in [9.17, 15) is 4.79 Å². The fourth-order valence-corrected chi connectivity index (χ4v) is 1.46. The molecule has 1 fully saturated rings. The lowest BCUT2D eigenvalue weighted by Crippen LogP contribution is -2.39. The van der Waals surface area contributed by atoms with Crippen molar-refractivity contribution in [2.75, 3.05) is 13.1 Å². The van der Waals surface area contributed by atoms with Crippen LogP contribution in [0.15, 0.2) is 30.3 Å². The molecule has 1 aromatic carbocycles. The normalized spacial score (nSPS) is 17.5. The Morgan fingerprint density at radius 3 is 2.38 bits per heavy atom. The minimum atomic E-state index is -0.192. The molecule has 0 radical (unpaired) electrons. The van der Waals surface area contributed by atoms with Gasteiger partial charge < -0.3 is 0 Å². The smallest absolute Gasteiger partial charge is 0.194 e. The fraction of sp³-hybridized carbons (Fsp3) is 0.300. The van der Waals surface area contributed by atoms with Gasteiger partial charge in [-0.1, -0.05) is 30.3 Å².